The number of rotatable bonds is 4. The van der Waals surface area contributed by atoms with E-state index >= 15 is 0 Å². The Labute approximate surface area is 146 Å². The zero-order chi connectivity index (χ0) is 16.7. The number of nitrogens with zero attached hydrogens (tertiary/aromatic N) is 4. The normalized spacial score (nSPS) is 13.9. The van der Waals surface area contributed by atoms with E-state index in [1.165, 1.54) is 0 Å². The molecule has 1 N–H and O–H groups in total. The molecule has 1 amide bonds. The summed E-state index contributed by atoms with van der Waals surface area (Å²) in [4.78, 5) is 24.5. The van der Waals surface area contributed by atoms with Crippen LogP contribution in [-0.2, 0) is 11.8 Å². The number of amides is 1. The summed E-state index contributed by atoms with van der Waals surface area (Å²) in [7, 11) is 1.89. The Balaban J connectivity index is 1.56. The summed E-state index contributed by atoms with van der Waals surface area (Å²) in [5.41, 5.74) is 1.50. The number of aromatic nitrogens is 4. The van der Waals surface area contributed by atoms with Crippen molar-refractivity contribution in [3.63, 3.8) is 0 Å². The third-order valence-corrected chi connectivity index (χ3v) is 4.53. The van der Waals surface area contributed by atoms with Gasteiger partial charge in [-0.1, -0.05) is 0 Å². The van der Waals surface area contributed by atoms with E-state index in [9.17, 15) is 4.79 Å². The number of nitrogens with one attached hydrogen (secondary N) is 1. The van der Waals surface area contributed by atoms with Gasteiger partial charge in [0.15, 0.2) is 10.4 Å². The van der Waals surface area contributed by atoms with Crippen LogP contribution in [0.1, 0.15) is 12.8 Å². The van der Waals surface area contributed by atoms with Crippen molar-refractivity contribution in [3.8, 4) is 11.5 Å². The van der Waals surface area contributed by atoms with Crippen LogP contribution in [-0.4, -0.2) is 25.4 Å². The molecule has 1 saturated carbocycles. The summed E-state index contributed by atoms with van der Waals surface area (Å²) >= 11 is 3.37. The van der Waals surface area contributed by atoms with Crippen molar-refractivity contribution < 1.29 is 9.53 Å². The minimum absolute atomic E-state index is 0.0162. The van der Waals surface area contributed by atoms with Crippen molar-refractivity contribution in [3.05, 3.63) is 35.3 Å². The van der Waals surface area contributed by atoms with Gasteiger partial charge in [-0.05, 0) is 34.8 Å². The van der Waals surface area contributed by atoms with E-state index in [1.807, 2.05) is 17.7 Å². The molecule has 4 rings (SSSR count). The van der Waals surface area contributed by atoms with Crippen LogP contribution in [0.5, 0.6) is 11.5 Å². The van der Waals surface area contributed by atoms with Crippen LogP contribution in [0.15, 0.2) is 35.3 Å². The zero-order valence-electron chi connectivity index (χ0n) is 12.9. The molecule has 1 aliphatic rings. The first-order chi connectivity index (χ1) is 11.6. The van der Waals surface area contributed by atoms with Crippen LogP contribution in [0.3, 0.4) is 0 Å². The number of ether oxygens (including phenoxy) is 1. The summed E-state index contributed by atoms with van der Waals surface area (Å²) in [5.74, 6) is 1.80. The molecule has 0 saturated heterocycles. The molecule has 8 heteroatoms. The van der Waals surface area contributed by atoms with E-state index in [2.05, 4.69) is 36.2 Å². The topological polar surface area (TPSA) is 81.9 Å². The van der Waals surface area contributed by atoms with Gasteiger partial charge in [-0.25, -0.2) is 15.0 Å². The average Bonchev–Trinajstić information content (AvgIpc) is 3.37. The van der Waals surface area contributed by atoms with Gasteiger partial charge in [-0.3, -0.25) is 4.79 Å². The van der Waals surface area contributed by atoms with E-state index in [4.69, 9.17) is 4.74 Å². The average molecular weight is 388 g/mol. The van der Waals surface area contributed by atoms with Crippen molar-refractivity contribution in [2.75, 3.05) is 5.32 Å². The Morgan fingerprint density at radius 2 is 2.17 bits per heavy atom. The molecule has 3 aromatic rings. The lowest BCUT2D eigenvalue weighted by molar-refractivity contribution is -0.117. The van der Waals surface area contributed by atoms with Gasteiger partial charge in [0.05, 0.1) is 11.7 Å². The van der Waals surface area contributed by atoms with Crippen molar-refractivity contribution in [2.45, 2.75) is 12.8 Å². The van der Waals surface area contributed by atoms with Gasteiger partial charge in [0.25, 0.3) is 0 Å². The molecule has 122 valence electrons. The number of carbonyl (C=O) groups is 1. The monoisotopic (exact) mass is 387 g/mol. The number of hydrogen-bond acceptors (Lipinski definition) is 5. The lowest BCUT2D eigenvalue weighted by Crippen LogP contribution is -2.14. The molecule has 0 radical (unpaired) electrons. The zero-order valence-corrected chi connectivity index (χ0v) is 14.4. The Bertz CT molecular complexity index is 935. The van der Waals surface area contributed by atoms with E-state index in [1.54, 1.807) is 24.5 Å². The predicted molar refractivity (Wildman–Crippen MR) is 91.9 cm³/mol. The molecule has 3 aromatic heterocycles. The molecular weight excluding hydrogens is 374 g/mol. The third-order valence-electron chi connectivity index (χ3n) is 3.82. The Kier molecular flexibility index (Phi) is 3.68. The molecule has 0 aliphatic heterocycles. The first-order valence-electron chi connectivity index (χ1n) is 7.53. The molecule has 0 atom stereocenters. The molecule has 3 heterocycles. The van der Waals surface area contributed by atoms with E-state index < -0.39 is 0 Å². The number of fused-ring (bicyclic) bond motifs is 1. The highest BCUT2D eigenvalue weighted by Crippen LogP contribution is 2.31. The van der Waals surface area contributed by atoms with Crippen LogP contribution in [0.25, 0.3) is 11.2 Å². The van der Waals surface area contributed by atoms with E-state index in [0.29, 0.717) is 27.7 Å². The molecule has 7 nitrogen and oxygen atoms in total. The smallest absolute Gasteiger partial charge is 0.228 e. The van der Waals surface area contributed by atoms with Crippen LogP contribution < -0.4 is 10.1 Å². The number of halogens is 1. The van der Waals surface area contributed by atoms with Crippen molar-refractivity contribution in [2.24, 2.45) is 13.0 Å². The second-order valence-corrected chi connectivity index (χ2v) is 6.41. The number of imidazole rings is 1. The summed E-state index contributed by atoms with van der Waals surface area (Å²) < 4.78 is 8.42. The minimum Gasteiger partial charge on any atom is -0.455 e. The minimum atomic E-state index is 0.0162. The number of hydrogen-bond donors (Lipinski definition) is 1. The van der Waals surface area contributed by atoms with Crippen molar-refractivity contribution in [1.29, 1.82) is 0 Å². The SMILES string of the molecule is Cn1c(Br)nc2ncc(Oc3ccnc(NC(=O)C4CC4)c3)cc21. The van der Waals surface area contributed by atoms with Gasteiger partial charge < -0.3 is 14.6 Å². The summed E-state index contributed by atoms with van der Waals surface area (Å²) in [6.45, 7) is 0. The first-order valence-corrected chi connectivity index (χ1v) is 8.32. The maximum atomic E-state index is 11.8. The fraction of sp³-hybridized carbons (Fsp3) is 0.250. The number of aryl methyl sites for hydroxylation is 1. The Morgan fingerprint density at radius 3 is 2.96 bits per heavy atom. The maximum Gasteiger partial charge on any atom is 0.228 e. The predicted octanol–water partition coefficient (Wildman–Crippen LogP) is 3.27. The lowest BCUT2D eigenvalue weighted by Gasteiger charge is -2.08. The Hall–Kier alpha value is -2.48. The molecule has 24 heavy (non-hydrogen) atoms. The molecule has 0 aromatic carbocycles. The second-order valence-electron chi connectivity index (χ2n) is 5.70. The molecular formula is C16H14BrN5O2. The molecule has 0 spiro atoms. The fourth-order valence-corrected chi connectivity index (χ4v) is 2.69. The van der Waals surface area contributed by atoms with Crippen LogP contribution in [0.4, 0.5) is 5.82 Å². The largest absolute Gasteiger partial charge is 0.455 e. The van der Waals surface area contributed by atoms with Gasteiger partial charge in [-0.15, -0.1) is 0 Å². The quantitative estimate of drug-likeness (QED) is 0.742. The van der Waals surface area contributed by atoms with Crippen molar-refractivity contribution in [1.82, 2.24) is 19.5 Å². The summed E-state index contributed by atoms with van der Waals surface area (Å²) in [6, 6.07) is 5.29. The van der Waals surface area contributed by atoms with Crippen LogP contribution >= 0.6 is 15.9 Å². The maximum absolute atomic E-state index is 11.8. The highest BCUT2D eigenvalue weighted by Gasteiger charge is 2.29. The standard InChI is InChI=1S/C16H14BrN5O2/c1-22-12-6-11(8-19-14(12)21-16(22)17)24-10-4-5-18-13(7-10)20-15(23)9-2-3-9/h4-9H,2-3H2,1H3,(H,18,20,23). The molecule has 0 bridgehead atoms. The number of anilines is 1. The van der Waals surface area contributed by atoms with Gasteiger partial charge in [0.1, 0.15) is 17.3 Å². The second kappa shape index (κ2) is 5.86. The van der Waals surface area contributed by atoms with Crippen molar-refractivity contribution >= 4 is 38.8 Å². The van der Waals surface area contributed by atoms with Crippen LogP contribution in [0, 0.1) is 5.92 Å². The highest BCUT2D eigenvalue weighted by atomic mass is 79.9. The van der Waals surface area contributed by atoms with Crippen LogP contribution in [0.2, 0.25) is 0 Å². The third kappa shape index (κ3) is 2.96. The van der Waals surface area contributed by atoms with Gasteiger partial charge >= 0.3 is 0 Å². The first kappa shape index (κ1) is 15.1. The molecule has 0 unspecified atom stereocenters. The number of carbonyl (C=O) groups excluding carboxylic acids is 1. The summed E-state index contributed by atoms with van der Waals surface area (Å²) in [5, 5.41) is 2.81. The fourth-order valence-electron chi connectivity index (χ4n) is 2.33. The summed E-state index contributed by atoms with van der Waals surface area (Å²) in [6.07, 6.45) is 5.12. The van der Waals surface area contributed by atoms with Gasteiger partial charge in [0.2, 0.25) is 5.91 Å². The van der Waals surface area contributed by atoms with Gasteiger partial charge in [0, 0.05) is 31.3 Å². The molecule has 1 aliphatic carbocycles. The Morgan fingerprint density at radius 1 is 1.33 bits per heavy atom. The van der Waals surface area contributed by atoms with E-state index in [0.717, 1.165) is 18.4 Å². The molecule has 1 fully saturated rings. The lowest BCUT2D eigenvalue weighted by atomic mass is 10.3. The van der Waals surface area contributed by atoms with Gasteiger partial charge in [-0.2, -0.15) is 0 Å². The highest BCUT2D eigenvalue weighted by molar-refractivity contribution is 9.10. The number of pyridine rings is 2. The van der Waals surface area contributed by atoms with E-state index in [-0.39, 0.29) is 11.8 Å².